The summed E-state index contributed by atoms with van der Waals surface area (Å²) in [6.45, 7) is 0. The van der Waals surface area contributed by atoms with Gasteiger partial charge < -0.3 is 9.32 Å². The number of hydrogen-bond acceptors (Lipinski definition) is 2. The Bertz CT molecular complexity index is 3480. The van der Waals surface area contributed by atoms with Crippen LogP contribution >= 0.6 is 0 Å². The van der Waals surface area contributed by atoms with Crippen LogP contribution in [0.5, 0.6) is 0 Å². The number of anilines is 3. The molecule has 0 radical (unpaired) electrons. The first-order valence-electron chi connectivity index (χ1n) is 21.1. The lowest BCUT2D eigenvalue weighted by atomic mass is 9.70. The fraction of sp³-hybridized carbons (Fsp3) is 0.0169. The van der Waals surface area contributed by atoms with Crippen molar-refractivity contribution in [2.24, 2.45) is 0 Å². The van der Waals surface area contributed by atoms with Crippen molar-refractivity contribution in [1.82, 2.24) is 0 Å². The monoisotopic (exact) mass is 775 g/mol. The molecule has 284 valence electrons. The van der Waals surface area contributed by atoms with E-state index >= 15 is 0 Å². The number of nitrogens with zero attached hydrogens (tertiary/aromatic N) is 1. The van der Waals surface area contributed by atoms with E-state index < -0.39 is 5.41 Å². The topological polar surface area (TPSA) is 16.4 Å². The van der Waals surface area contributed by atoms with Gasteiger partial charge in [0.2, 0.25) is 0 Å². The summed E-state index contributed by atoms with van der Waals surface area (Å²) in [5.74, 6) is 0. The standard InChI is InChI=1S/C59H37NO/c1-2-14-40(15-3-1)46-20-12-21-51-52-36-42(28-34-57(52)61-58(46)51)39-25-29-43(30-26-39)60(44-31-27-38-13-4-5-16-41(38)35-44)45-32-33-50-49-19-8-11-24-55(49)59(56(50)37-45)53-22-9-6-17-47(53)48-18-7-10-23-54(48)59/h1-37H. The van der Waals surface area contributed by atoms with Crippen molar-refractivity contribution in [3.05, 3.63) is 247 Å². The van der Waals surface area contributed by atoms with Crippen molar-refractivity contribution in [2.75, 3.05) is 4.90 Å². The lowest BCUT2D eigenvalue weighted by Gasteiger charge is -2.32. The Kier molecular flexibility index (Phi) is 7.26. The first-order valence-corrected chi connectivity index (χ1v) is 21.1. The number of fused-ring (bicyclic) bond motifs is 14. The summed E-state index contributed by atoms with van der Waals surface area (Å²) in [5, 5.41) is 4.68. The molecule has 0 aliphatic heterocycles. The fourth-order valence-electron chi connectivity index (χ4n) is 10.6. The van der Waals surface area contributed by atoms with Gasteiger partial charge in [-0.25, -0.2) is 0 Å². The van der Waals surface area contributed by atoms with E-state index in [1.54, 1.807) is 0 Å². The minimum absolute atomic E-state index is 0.425. The van der Waals surface area contributed by atoms with E-state index in [-0.39, 0.29) is 0 Å². The summed E-state index contributed by atoms with van der Waals surface area (Å²) in [4.78, 5) is 2.43. The molecule has 1 spiro atoms. The molecule has 61 heavy (non-hydrogen) atoms. The molecular formula is C59H37NO. The van der Waals surface area contributed by atoms with Crippen LogP contribution in [0.15, 0.2) is 229 Å². The van der Waals surface area contributed by atoms with Crippen molar-refractivity contribution >= 4 is 49.8 Å². The van der Waals surface area contributed by atoms with Crippen LogP contribution in [-0.4, -0.2) is 0 Å². The lowest BCUT2D eigenvalue weighted by molar-refractivity contribution is 0.670. The average Bonchev–Trinajstić information content (AvgIpc) is 3.96. The molecule has 0 bridgehead atoms. The van der Waals surface area contributed by atoms with Crippen LogP contribution in [0.3, 0.4) is 0 Å². The highest BCUT2D eigenvalue weighted by atomic mass is 16.3. The van der Waals surface area contributed by atoms with Gasteiger partial charge in [0, 0.05) is 33.4 Å². The largest absolute Gasteiger partial charge is 0.455 e. The molecule has 1 aromatic heterocycles. The second-order valence-corrected chi connectivity index (χ2v) is 16.4. The van der Waals surface area contributed by atoms with E-state index in [0.717, 1.165) is 61.3 Å². The first kappa shape index (κ1) is 34.0. The predicted molar refractivity (Wildman–Crippen MR) is 253 cm³/mol. The molecule has 0 saturated heterocycles. The zero-order chi connectivity index (χ0) is 40.1. The highest BCUT2D eigenvalue weighted by Crippen LogP contribution is 2.63. The Morgan fingerprint density at radius 1 is 0.311 bits per heavy atom. The second kappa shape index (κ2) is 13.0. The molecule has 0 atom stereocenters. The van der Waals surface area contributed by atoms with E-state index in [9.17, 15) is 0 Å². The maximum atomic E-state index is 6.53. The van der Waals surface area contributed by atoms with Gasteiger partial charge in [0.15, 0.2) is 0 Å². The SMILES string of the molecule is c1ccc(-c2cccc3c2oc2ccc(-c4ccc(N(c5ccc6c(c5)C5(c7ccccc7-c7ccccc75)c5ccccc5-6)c5ccc6ccccc6c5)cc4)cc23)cc1. The number of rotatable bonds is 5. The van der Waals surface area contributed by atoms with Crippen LogP contribution in [0.2, 0.25) is 0 Å². The Hall–Kier alpha value is -7.94. The van der Waals surface area contributed by atoms with E-state index in [1.807, 2.05) is 0 Å². The third-order valence-corrected chi connectivity index (χ3v) is 13.3. The van der Waals surface area contributed by atoms with Crippen LogP contribution in [0.1, 0.15) is 22.3 Å². The van der Waals surface area contributed by atoms with Gasteiger partial charge in [-0.15, -0.1) is 0 Å². The maximum absolute atomic E-state index is 6.53. The number of furan rings is 1. The van der Waals surface area contributed by atoms with Gasteiger partial charge in [-0.1, -0.05) is 176 Å². The normalized spacial score (nSPS) is 13.0. The Labute approximate surface area is 354 Å². The maximum Gasteiger partial charge on any atom is 0.143 e. The Balaban J connectivity index is 0.969. The summed E-state index contributed by atoms with van der Waals surface area (Å²) < 4.78 is 6.53. The second-order valence-electron chi connectivity index (χ2n) is 16.4. The van der Waals surface area contributed by atoms with Gasteiger partial charge in [0.05, 0.1) is 5.41 Å². The number of para-hydroxylation sites is 1. The summed E-state index contributed by atoms with van der Waals surface area (Å²) in [6, 6.07) is 82.2. The summed E-state index contributed by atoms with van der Waals surface area (Å²) in [5.41, 5.74) is 19.9. The van der Waals surface area contributed by atoms with E-state index in [2.05, 4.69) is 229 Å². The average molecular weight is 776 g/mol. The predicted octanol–water partition coefficient (Wildman–Crippen LogP) is 15.9. The minimum Gasteiger partial charge on any atom is -0.455 e. The van der Waals surface area contributed by atoms with Gasteiger partial charge in [-0.2, -0.15) is 0 Å². The van der Waals surface area contributed by atoms with Crippen LogP contribution in [0.4, 0.5) is 17.1 Å². The number of hydrogen-bond donors (Lipinski definition) is 0. The van der Waals surface area contributed by atoms with Gasteiger partial charge in [0.1, 0.15) is 11.2 Å². The van der Waals surface area contributed by atoms with Gasteiger partial charge in [-0.05, 0) is 121 Å². The van der Waals surface area contributed by atoms with Crippen LogP contribution in [0, 0.1) is 0 Å². The zero-order valence-electron chi connectivity index (χ0n) is 33.2. The van der Waals surface area contributed by atoms with Crippen molar-refractivity contribution < 1.29 is 4.42 Å². The minimum atomic E-state index is -0.425. The molecule has 0 amide bonds. The third-order valence-electron chi connectivity index (χ3n) is 13.3. The van der Waals surface area contributed by atoms with Crippen LogP contribution < -0.4 is 4.90 Å². The lowest BCUT2D eigenvalue weighted by Crippen LogP contribution is -2.26. The van der Waals surface area contributed by atoms with Crippen molar-refractivity contribution in [1.29, 1.82) is 0 Å². The molecule has 2 nitrogen and oxygen atoms in total. The van der Waals surface area contributed by atoms with Gasteiger partial charge in [-0.3, -0.25) is 0 Å². The smallest absolute Gasteiger partial charge is 0.143 e. The molecule has 0 N–H and O–H groups in total. The van der Waals surface area contributed by atoms with E-state index in [0.29, 0.717) is 0 Å². The molecule has 2 aliphatic carbocycles. The molecule has 1 heterocycles. The molecule has 0 fully saturated rings. The van der Waals surface area contributed by atoms with E-state index in [1.165, 1.54) is 55.3 Å². The van der Waals surface area contributed by atoms with Crippen molar-refractivity contribution in [3.63, 3.8) is 0 Å². The molecule has 10 aromatic carbocycles. The first-order chi connectivity index (χ1) is 30.2. The highest BCUT2D eigenvalue weighted by molar-refractivity contribution is 6.10. The van der Waals surface area contributed by atoms with Crippen molar-refractivity contribution in [3.8, 4) is 44.5 Å². The van der Waals surface area contributed by atoms with Crippen LogP contribution in [0.25, 0.3) is 77.2 Å². The molecule has 11 aromatic rings. The fourth-order valence-corrected chi connectivity index (χ4v) is 10.6. The Morgan fingerprint density at radius 2 is 0.869 bits per heavy atom. The van der Waals surface area contributed by atoms with Gasteiger partial charge >= 0.3 is 0 Å². The highest BCUT2D eigenvalue weighted by Gasteiger charge is 2.51. The van der Waals surface area contributed by atoms with E-state index in [4.69, 9.17) is 4.42 Å². The summed E-state index contributed by atoms with van der Waals surface area (Å²) in [6.07, 6.45) is 0. The molecular weight excluding hydrogens is 739 g/mol. The number of benzene rings is 10. The van der Waals surface area contributed by atoms with Crippen LogP contribution in [-0.2, 0) is 5.41 Å². The molecule has 13 rings (SSSR count). The molecule has 0 saturated carbocycles. The van der Waals surface area contributed by atoms with Crippen molar-refractivity contribution in [2.45, 2.75) is 5.41 Å². The third kappa shape index (κ3) is 4.91. The molecule has 2 aliphatic rings. The molecule has 2 heteroatoms. The summed E-state index contributed by atoms with van der Waals surface area (Å²) >= 11 is 0. The van der Waals surface area contributed by atoms with Gasteiger partial charge in [0.25, 0.3) is 0 Å². The Morgan fingerprint density at radius 3 is 1.59 bits per heavy atom. The zero-order valence-corrected chi connectivity index (χ0v) is 33.2. The quantitative estimate of drug-likeness (QED) is 0.173. The molecule has 0 unspecified atom stereocenters. The summed E-state index contributed by atoms with van der Waals surface area (Å²) in [7, 11) is 0.